The monoisotopic (exact) mass is 267 g/mol. The van der Waals surface area contributed by atoms with Crippen LogP contribution in [0.1, 0.15) is 10.4 Å². The Kier molecular flexibility index (Phi) is 2.87. The zero-order chi connectivity index (χ0) is 14.1. The molecule has 0 aliphatic carbocycles. The zero-order valence-electron chi connectivity index (χ0n) is 10.9. The largest absolute Gasteiger partial charge is 0.465 e. The number of para-hydroxylation sites is 2. The van der Waals surface area contributed by atoms with Crippen LogP contribution in [0.2, 0.25) is 0 Å². The second-order valence-corrected chi connectivity index (χ2v) is 4.37. The number of hydrogen-bond acceptors (Lipinski definition) is 4. The molecule has 100 valence electrons. The first-order valence-corrected chi connectivity index (χ1v) is 6.11. The number of carbonyl (C=O) groups excluding carboxylic acids is 1. The standard InChI is InChI=1S/C15H13N3O2/c1-20-15(19)11-8-10(6-7-12(11)16)18-9-17-13-4-2-3-5-14(13)18/h2-9H,16H2,1H3. The summed E-state index contributed by atoms with van der Waals surface area (Å²) in [5.41, 5.74) is 9.22. The number of imidazole rings is 1. The average molecular weight is 267 g/mol. The molecule has 0 radical (unpaired) electrons. The van der Waals surface area contributed by atoms with Crippen molar-refractivity contribution in [1.82, 2.24) is 9.55 Å². The molecule has 3 aromatic rings. The number of benzene rings is 2. The number of methoxy groups -OCH3 is 1. The van der Waals surface area contributed by atoms with Crippen LogP contribution in [0, 0.1) is 0 Å². The lowest BCUT2D eigenvalue weighted by atomic mass is 10.1. The lowest BCUT2D eigenvalue weighted by Crippen LogP contribution is -2.06. The Balaban J connectivity index is 2.17. The first-order valence-electron chi connectivity index (χ1n) is 6.11. The molecule has 0 aliphatic rings. The van der Waals surface area contributed by atoms with E-state index in [1.807, 2.05) is 34.9 Å². The number of nitrogen functional groups attached to an aromatic ring is 1. The minimum Gasteiger partial charge on any atom is -0.465 e. The first-order chi connectivity index (χ1) is 9.70. The molecule has 2 aromatic carbocycles. The number of anilines is 1. The Morgan fingerprint density at radius 3 is 2.85 bits per heavy atom. The Bertz CT molecular complexity index is 793. The molecule has 0 amide bonds. The molecule has 0 fully saturated rings. The number of nitrogens with two attached hydrogens (primary N) is 1. The van der Waals surface area contributed by atoms with Crippen molar-refractivity contribution in [2.24, 2.45) is 0 Å². The van der Waals surface area contributed by atoms with Gasteiger partial charge in [-0.05, 0) is 30.3 Å². The van der Waals surface area contributed by atoms with E-state index in [9.17, 15) is 4.79 Å². The minimum atomic E-state index is -0.450. The molecule has 5 heteroatoms. The maximum atomic E-state index is 11.7. The van der Waals surface area contributed by atoms with Crippen molar-refractivity contribution in [1.29, 1.82) is 0 Å². The van der Waals surface area contributed by atoms with Crippen molar-refractivity contribution in [2.75, 3.05) is 12.8 Å². The van der Waals surface area contributed by atoms with E-state index in [1.54, 1.807) is 18.5 Å². The number of ether oxygens (including phenoxy) is 1. The third kappa shape index (κ3) is 1.89. The van der Waals surface area contributed by atoms with Crippen molar-refractivity contribution in [2.45, 2.75) is 0 Å². The fraction of sp³-hybridized carbons (Fsp3) is 0.0667. The van der Waals surface area contributed by atoms with Crippen LogP contribution in [-0.4, -0.2) is 22.6 Å². The van der Waals surface area contributed by atoms with Gasteiger partial charge in [0.2, 0.25) is 0 Å². The van der Waals surface area contributed by atoms with E-state index in [0.717, 1.165) is 16.7 Å². The van der Waals surface area contributed by atoms with E-state index in [1.165, 1.54) is 7.11 Å². The highest BCUT2D eigenvalue weighted by Crippen LogP contribution is 2.22. The molecule has 2 N–H and O–H groups in total. The van der Waals surface area contributed by atoms with E-state index in [-0.39, 0.29) is 0 Å². The predicted molar refractivity (Wildman–Crippen MR) is 76.8 cm³/mol. The number of carbonyl (C=O) groups is 1. The van der Waals surface area contributed by atoms with Gasteiger partial charge < -0.3 is 10.5 Å². The van der Waals surface area contributed by atoms with Crippen molar-refractivity contribution >= 4 is 22.7 Å². The van der Waals surface area contributed by atoms with Crippen LogP contribution in [0.3, 0.4) is 0 Å². The van der Waals surface area contributed by atoms with Crippen molar-refractivity contribution < 1.29 is 9.53 Å². The van der Waals surface area contributed by atoms with Crippen molar-refractivity contribution in [3.63, 3.8) is 0 Å². The van der Waals surface area contributed by atoms with Gasteiger partial charge in [-0.25, -0.2) is 9.78 Å². The summed E-state index contributed by atoms with van der Waals surface area (Å²) in [7, 11) is 1.33. The molecule has 0 spiro atoms. The van der Waals surface area contributed by atoms with E-state index in [0.29, 0.717) is 11.3 Å². The SMILES string of the molecule is COC(=O)c1cc(-n2cnc3ccccc32)ccc1N. The van der Waals surface area contributed by atoms with E-state index in [4.69, 9.17) is 10.5 Å². The summed E-state index contributed by atoms with van der Waals surface area (Å²) in [4.78, 5) is 16.0. The van der Waals surface area contributed by atoms with Gasteiger partial charge in [0.15, 0.2) is 0 Å². The second-order valence-electron chi connectivity index (χ2n) is 4.37. The maximum Gasteiger partial charge on any atom is 0.340 e. The molecule has 0 aliphatic heterocycles. The molecule has 0 atom stereocenters. The van der Waals surface area contributed by atoms with Crippen LogP contribution in [0.5, 0.6) is 0 Å². The molecular formula is C15H13N3O2. The smallest absolute Gasteiger partial charge is 0.340 e. The number of esters is 1. The lowest BCUT2D eigenvalue weighted by Gasteiger charge is -2.08. The number of aromatic nitrogens is 2. The maximum absolute atomic E-state index is 11.7. The molecule has 0 saturated heterocycles. The van der Waals surface area contributed by atoms with Crippen LogP contribution >= 0.6 is 0 Å². The molecule has 0 bridgehead atoms. The Labute approximate surface area is 115 Å². The van der Waals surface area contributed by atoms with Crippen LogP contribution in [0.15, 0.2) is 48.8 Å². The average Bonchev–Trinajstić information content (AvgIpc) is 2.91. The topological polar surface area (TPSA) is 70.1 Å². The molecule has 1 aromatic heterocycles. The molecule has 1 heterocycles. The van der Waals surface area contributed by atoms with E-state index in [2.05, 4.69) is 4.98 Å². The highest BCUT2D eigenvalue weighted by molar-refractivity contribution is 5.95. The molecule has 0 saturated carbocycles. The summed E-state index contributed by atoms with van der Waals surface area (Å²) < 4.78 is 6.64. The van der Waals surface area contributed by atoms with Crippen LogP contribution in [0.4, 0.5) is 5.69 Å². The van der Waals surface area contributed by atoms with Gasteiger partial charge in [-0.1, -0.05) is 12.1 Å². The van der Waals surface area contributed by atoms with Gasteiger partial charge in [0.1, 0.15) is 6.33 Å². The molecular weight excluding hydrogens is 254 g/mol. The van der Waals surface area contributed by atoms with Crippen molar-refractivity contribution in [3.05, 3.63) is 54.4 Å². The predicted octanol–water partition coefficient (Wildman–Crippen LogP) is 2.39. The highest BCUT2D eigenvalue weighted by Gasteiger charge is 2.12. The van der Waals surface area contributed by atoms with Gasteiger partial charge in [-0.3, -0.25) is 4.57 Å². The summed E-state index contributed by atoms with van der Waals surface area (Å²) in [6, 6.07) is 13.0. The fourth-order valence-electron chi connectivity index (χ4n) is 2.15. The normalized spacial score (nSPS) is 10.7. The summed E-state index contributed by atoms with van der Waals surface area (Å²) >= 11 is 0. The first kappa shape index (κ1) is 12.2. The van der Waals surface area contributed by atoms with Crippen LogP contribution < -0.4 is 5.73 Å². The lowest BCUT2D eigenvalue weighted by molar-refractivity contribution is 0.0602. The summed E-state index contributed by atoms with van der Waals surface area (Å²) in [6.45, 7) is 0. The summed E-state index contributed by atoms with van der Waals surface area (Å²) in [5, 5.41) is 0. The second kappa shape index (κ2) is 4.70. The minimum absolute atomic E-state index is 0.350. The molecule has 0 unspecified atom stereocenters. The Hall–Kier alpha value is -2.82. The zero-order valence-corrected chi connectivity index (χ0v) is 10.9. The quantitative estimate of drug-likeness (QED) is 0.571. The number of rotatable bonds is 2. The van der Waals surface area contributed by atoms with Crippen LogP contribution in [0.25, 0.3) is 16.7 Å². The molecule has 3 rings (SSSR count). The fourth-order valence-corrected chi connectivity index (χ4v) is 2.15. The van der Waals surface area contributed by atoms with Crippen molar-refractivity contribution in [3.8, 4) is 5.69 Å². The van der Waals surface area contributed by atoms with Gasteiger partial charge in [-0.15, -0.1) is 0 Å². The van der Waals surface area contributed by atoms with Gasteiger partial charge in [0.05, 0.1) is 23.7 Å². The third-order valence-electron chi connectivity index (χ3n) is 3.17. The van der Waals surface area contributed by atoms with Gasteiger partial charge in [0.25, 0.3) is 0 Å². The molecule has 20 heavy (non-hydrogen) atoms. The Morgan fingerprint density at radius 2 is 2.05 bits per heavy atom. The van der Waals surface area contributed by atoms with E-state index >= 15 is 0 Å². The highest BCUT2D eigenvalue weighted by atomic mass is 16.5. The Morgan fingerprint density at radius 1 is 1.25 bits per heavy atom. The number of nitrogens with zero attached hydrogens (tertiary/aromatic N) is 2. The van der Waals surface area contributed by atoms with Gasteiger partial charge >= 0.3 is 5.97 Å². The summed E-state index contributed by atoms with van der Waals surface area (Å²) in [5.74, 6) is -0.450. The van der Waals surface area contributed by atoms with Gasteiger partial charge in [0, 0.05) is 11.4 Å². The number of fused-ring (bicyclic) bond motifs is 1. The van der Waals surface area contributed by atoms with E-state index < -0.39 is 5.97 Å². The summed E-state index contributed by atoms with van der Waals surface area (Å²) in [6.07, 6.45) is 1.72. The third-order valence-corrected chi connectivity index (χ3v) is 3.17. The molecule has 5 nitrogen and oxygen atoms in total. The number of hydrogen-bond donors (Lipinski definition) is 1. The van der Waals surface area contributed by atoms with Crippen LogP contribution in [-0.2, 0) is 4.74 Å². The van der Waals surface area contributed by atoms with Gasteiger partial charge in [-0.2, -0.15) is 0 Å².